The zero-order chi connectivity index (χ0) is 17.4. The van der Waals surface area contributed by atoms with Crippen molar-refractivity contribution < 1.29 is 8.81 Å². The number of nitrogens with zero attached hydrogens (tertiary/aromatic N) is 2. The molecule has 0 spiro atoms. The first-order valence-corrected chi connectivity index (χ1v) is 8.59. The highest BCUT2D eigenvalue weighted by Gasteiger charge is 2.35. The maximum atomic E-state index is 13.2. The Bertz CT molecular complexity index is 850. The largest absolute Gasteiger partial charge is 0.472 e. The second kappa shape index (κ2) is 6.15. The van der Waals surface area contributed by atoms with Gasteiger partial charge in [0.25, 0.3) is 0 Å². The number of hydrogen-bond donors (Lipinski definition) is 1. The summed E-state index contributed by atoms with van der Waals surface area (Å²) in [5, 5.41) is 8.23. The zero-order valence-corrected chi connectivity index (χ0v) is 14.5. The van der Waals surface area contributed by atoms with Gasteiger partial charge in [-0.05, 0) is 48.6 Å². The van der Waals surface area contributed by atoms with E-state index < -0.39 is 0 Å². The Hall–Kier alpha value is -2.40. The first-order chi connectivity index (χ1) is 12.0. The smallest absolute Gasteiger partial charge is 0.123 e. The molecule has 0 fully saturated rings. The van der Waals surface area contributed by atoms with Gasteiger partial charge >= 0.3 is 0 Å². The van der Waals surface area contributed by atoms with Crippen LogP contribution in [0.15, 0.2) is 53.5 Å². The van der Waals surface area contributed by atoms with E-state index in [0.717, 1.165) is 30.6 Å². The van der Waals surface area contributed by atoms with Crippen LogP contribution < -0.4 is 5.32 Å². The SMILES string of the molecule is CC1(C)Cc2c(cnn2-c2ccc(F)cc2)[C@H](NCc2ccoc2)C1. The molecule has 4 rings (SSSR count). The molecule has 0 saturated carbocycles. The van der Waals surface area contributed by atoms with Crippen LogP contribution in [-0.4, -0.2) is 9.78 Å². The molecule has 0 unspecified atom stereocenters. The number of nitrogens with one attached hydrogen (secondary N) is 1. The van der Waals surface area contributed by atoms with Crippen molar-refractivity contribution in [3.63, 3.8) is 0 Å². The molecular formula is C20H22FN3O. The number of furan rings is 1. The van der Waals surface area contributed by atoms with E-state index in [1.54, 1.807) is 24.7 Å². The van der Waals surface area contributed by atoms with Crippen molar-refractivity contribution in [3.05, 3.63) is 71.7 Å². The van der Waals surface area contributed by atoms with Crippen LogP contribution in [0, 0.1) is 11.2 Å². The van der Waals surface area contributed by atoms with Crippen LogP contribution in [0.3, 0.4) is 0 Å². The van der Waals surface area contributed by atoms with Gasteiger partial charge in [-0.15, -0.1) is 0 Å². The van der Waals surface area contributed by atoms with E-state index >= 15 is 0 Å². The quantitative estimate of drug-likeness (QED) is 0.766. The Labute approximate surface area is 146 Å². The second-order valence-corrected chi connectivity index (χ2v) is 7.55. The summed E-state index contributed by atoms with van der Waals surface area (Å²) in [6.07, 6.45) is 7.40. The molecule has 1 aromatic carbocycles. The molecule has 1 atom stereocenters. The van der Waals surface area contributed by atoms with E-state index in [2.05, 4.69) is 24.3 Å². The fourth-order valence-electron chi connectivity index (χ4n) is 3.66. The minimum Gasteiger partial charge on any atom is -0.472 e. The topological polar surface area (TPSA) is 43.0 Å². The van der Waals surface area contributed by atoms with E-state index in [-0.39, 0.29) is 17.3 Å². The van der Waals surface area contributed by atoms with E-state index in [9.17, 15) is 4.39 Å². The molecule has 5 heteroatoms. The molecule has 1 N–H and O–H groups in total. The lowest BCUT2D eigenvalue weighted by atomic mass is 9.74. The van der Waals surface area contributed by atoms with Crippen LogP contribution >= 0.6 is 0 Å². The van der Waals surface area contributed by atoms with Gasteiger partial charge in [0.15, 0.2) is 0 Å². The van der Waals surface area contributed by atoms with Crippen LogP contribution in [0.2, 0.25) is 0 Å². The average Bonchev–Trinajstić information content (AvgIpc) is 3.22. The maximum Gasteiger partial charge on any atom is 0.123 e. The maximum absolute atomic E-state index is 13.2. The normalized spacial score (nSPS) is 18.9. The van der Waals surface area contributed by atoms with Crippen LogP contribution in [-0.2, 0) is 13.0 Å². The van der Waals surface area contributed by atoms with Crippen molar-refractivity contribution in [2.45, 2.75) is 39.3 Å². The Morgan fingerprint density at radius 1 is 1.28 bits per heavy atom. The predicted molar refractivity (Wildman–Crippen MR) is 93.9 cm³/mol. The third-order valence-electron chi connectivity index (χ3n) is 4.88. The monoisotopic (exact) mass is 339 g/mol. The third-order valence-corrected chi connectivity index (χ3v) is 4.88. The van der Waals surface area contributed by atoms with Gasteiger partial charge in [0, 0.05) is 29.4 Å². The second-order valence-electron chi connectivity index (χ2n) is 7.55. The van der Waals surface area contributed by atoms with Crippen LogP contribution in [0.4, 0.5) is 4.39 Å². The van der Waals surface area contributed by atoms with Gasteiger partial charge in [-0.2, -0.15) is 5.10 Å². The molecule has 130 valence electrons. The standard InChI is InChI=1S/C20H22FN3O/c1-20(2)9-18(22-11-14-7-8-25-13-14)17-12-23-24(19(17)10-20)16-5-3-15(21)4-6-16/h3-8,12-13,18,22H,9-11H2,1-2H3/t18-/m1/s1. The molecule has 2 heterocycles. The minimum atomic E-state index is -0.232. The summed E-state index contributed by atoms with van der Waals surface area (Å²) in [5.74, 6) is -0.232. The number of fused-ring (bicyclic) bond motifs is 1. The molecule has 1 aliphatic carbocycles. The molecule has 0 bridgehead atoms. The van der Waals surface area contributed by atoms with Gasteiger partial charge in [0.2, 0.25) is 0 Å². The molecule has 2 aromatic heterocycles. The molecule has 0 aliphatic heterocycles. The Morgan fingerprint density at radius 2 is 2.08 bits per heavy atom. The van der Waals surface area contributed by atoms with Crippen molar-refractivity contribution in [2.75, 3.05) is 0 Å². The van der Waals surface area contributed by atoms with Crippen molar-refractivity contribution in [1.29, 1.82) is 0 Å². The molecule has 0 radical (unpaired) electrons. The zero-order valence-electron chi connectivity index (χ0n) is 14.5. The van der Waals surface area contributed by atoms with E-state index in [0.29, 0.717) is 0 Å². The van der Waals surface area contributed by atoms with Gasteiger partial charge in [-0.3, -0.25) is 0 Å². The fraction of sp³-hybridized carbons (Fsp3) is 0.350. The summed E-state index contributed by atoms with van der Waals surface area (Å²) in [5.41, 5.74) is 4.63. The molecule has 1 aliphatic rings. The summed E-state index contributed by atoms with van der Waals surface area (Å²) < 4.78 is 20.3. The minimum absolute atomic E-state index is 0.166. The lowest BCUT2D eigenvalue weighted by molar-refractivity contribution is 0.252. The molecule has 4 nitrogen and oxygen atoms in total. The molecule has 0 amide bonds. The summed E-state index contributed by atoms with van der Waals surface area (Å²) in [4.78, 5) is 0. The van der Waals surface area contributed by atoms with Gasteiger partial charge in [0.05, 0.1) is 24.4 Å². The van der Waals surface area contributed by atoms with Crippen LogP contribution in [0.5, 0.6) is 0 Å². The van der Waals surface area contributed by atoms with Crippen molar-refractivity contribution in [1.82, 2.24) is 15.1 Å². The summed E-state index contributed by atoms with van der Waals surface area (Å²) in [7, 11) is 0. The Morgan fingerprint density at radius 3 is 2.80 bits per heavy atom. The highest BCUT2D eigenvalue weighted by Crippen LogP contribution is 2.41. The van der Waals surface area contributed by atoms with Crippen molar-refractivity contribution in [3.8, 4) is 5.69 Å². The lowest BCUT2D eigenvalue weighted by Gasteiger charge is -2.36. The number of aromatic nitrogens is 2. The third kappa shape index (κ3) is 3.24. The van der Waals surface area contributed by atoms with Crippen LogP contribution in [0.1, 0.15) is 43.1 Å². The molecule has 25 heavy (non-hydrogen) atoms. The fourth-order valence-corrected chi connectivity index (χ4v) is 3.66. The van der Waals surface area contributed by atoms with Gasteiger partial charge < -0.3 is 9.73 Å². The summed E-state index contributed by atoms with van der Waals surface area (Å²) >= 11 is 0. The first-order valence-electron chi connectivity index (χ1n) is 8.59. The average molecular weight is 339 g/mol. The number of halogens is 1. The number of benzene rings is 1. The van der Waals surface area contributed by atoms with E-state index in [1.165, 1.54) is 23.4 Å². The van der Waals surface area contributed by atoms with Gasteiger partial charge in [0.1, 0.15) is 5.82 Å². The highest BCUT2D eigenvalue weighted by atomic mass is 19.1. The predicted octanol–water partition coefficient (Wildman–Crippen LogP) is 4.41. The molecular weight excluding hydrogens is 317 g/mol. The van der Waals surface area contributed by atoms with Gasteiger partial charge in [-0.1, -0.05) is 13.8 Å². The Balaban J connectivity index is 1.65. The Kier molecular flexibility index (Phi) is 3.96. The van der Waals surface area contributed by atoms with Crippen molar-refractivity contribution >= 4 is 0 Å². The molecule has 3 aromatic rings. The van der Waals surface area contributed by atoms with E-state index in [1.807, 2.05) is 16.9 Å². The lowest BCUT2D eigenvalue weighted by Crippen LogP contribution is -2.33. The van der Waals surface area contributed by atoms with Crippen LogP contribution in [0.25, 0.3) is 5.69 Å². The molecule has 0 saturated heterocycles. The summed E-state index contributed by atoms with van der Waals surface area (Å²) in [6.45, 7) is 5.33. The van der Waals surface area contributed by atoms with Crippen molar-refractivity contribution in [2.24, 2.45) is 5.41 Å². The first kappa shape index (κ1) is 16.1. The number of hydrogen-bond acceptors (Lipinski definition) is 3. The number of rotatable bonds is 4. The summed E-state index contributed by atoms with van der Waals surface area (Å²) in [6, 6.07) is 8.72. The van der Waals surface area contributed by atoms with Gasteiger partial charge in [-0.25, -0.2) is 9.07 Å². The highest BCUT2D eigenvalue weighted by molar-refractivity contribution is 5.38. The van der Waals surface area contributed by atoms with E-state index in [4.69, 9.17) is 4.42 Å².